The summed E-state index contributed by atoms with van der Waals surface area (Å²) in [5.74, 6) is 1.30. The van der Waals surface area contributed by atoms with Crippen molar-refractivity contribution in [2.45, 2.75) is 36.4 Å². The maximum absolute atomic E-state index is 12.5. The fourth-order valence-corrected chi connectivity index (χ4v) is 5.97. The second-order valence-corrected chi connectivity index (χ2v) is 10.2. The Balaban J connectivity index is 1.50. The van der Waals surface area contributed by atoms with E-state index in [9.17, 15) is 19.8 Å². The molecule has 0 amide bonds. The van der Waals surface area contributed by atoms with Gasteiger partial charge in [0.05, 0.1) is 32.1 Å². The van der Waals surface area contributed by atoms with Gasteiger partial charge in [-0.1, -0.05) is 54.6 Å². The molecule has 6 rings (SSSR count). The van der Waals surface area contributed by atoms with Crippen molar-refractivity contribution in [1.82, 2.24) is 19.5 Å². The Kier molecular flexibility index (Phi) is 7.15. The van der Waals surface area contributed by atoms with E-state index in [2.05, 4.69) is 15.0 Å². The van der Waals surface area contributed by atoms with Crippen LogP contribution in [-0.4, -0.2) is 62.3 Å². The molecule has 1 aliphatic heterocycles. The predicted octanol–water partition coefficient (Wildman–Crippen LogP) is 2.47. The first kappa shape index (κ1) is 27.5. The lowest BCUT2D eigenvalue weighted by Crippen LogP contribution is -2.51. The zero-order chi connectivity index (χ0) is 29.4. The largest absolute Gasteiger partial charge is 0.497 e. The molecule has 0 bridgehead atoms. The molecule has 1 saturated heterocycles. The molecule has 2 aromatic heterocycles. The van der Waals surface area contributed by atoms with E-state index in [0.29, 0.717) is 11.5 Å². The van der Waals surface area contributed by atoms with Crippen molar-refractivity contribution in [2.24, 2.45) is 0 Å². The average molecular weight is 571 g/mol. The molecule has 42 heavy (non-hydrogen) atoms. The minimum atomic E-state index is -1.31. The van der Waals surface area contributed by atoms with Crippen molar-refractivity contribution in [2.75, 3.05) is 14.2 Å². The van der Waals surface area contributed by atoms with Crippen molar-refractivity contribution in [3.63, 3.8) is 0 Å². The van der Waals surface area contributed by atoms with Gasteiger partial charge < -0.3 is 24.4 Å². The first-order valence-electron chi connectivity index (χ1n) is 13.4. The molecule has 0 aliphatic carbocycles. The number of aromatic nitrogens is 4. The summed E-state index contributed by atoms with van der Waals surface area (Å²) in [5.41, 5.74) is -0.0662. The summed E-state index contributed by atoms with van der Waals surface area (Å²) >= 11 is 0. The molecule has 1 fully saturated rings. The molecule has 0 saturated carbocycles. The van der Waals surface area contributed by atoms with Crippen LogP contribution < -0.4 is 20.7 Å². The molecule has 1 aliphatic rings. The number of benzene rings is 3. The van der Waals surface area contributed by atoms with E-state index in [-0.39, 0.29) is 17.6 Å². The molecule has 3 heterocycles. The molecule has 0 spiro atoms. The molecule has 11 nitrogen and oxygen atoms in total. The summed E-state index contributed by atoms with van der Waals surface area (Å²) < 4.78 is 18.7. The van der Waals surface area contributed by atoms with Gasteiger partial charge in [-0.15, -0.1) is 0 Å². The summed E-state index contributed by atoms with van der Waals surface area (Å²) in [7, 11) is 3.17. The van der Waals surface area contributed by atoms with E-state index in [0.717, 1.165) is 16.7 Å². The summed E-state index contributed by atoms with van der Waals surface area (Å²) in [5, 5.41) is 23.9. The maximum atomic E-state index is 12.5. The Labute approximate surface area is 240 Å². The molecular formula is C31H30N4O7. The van der Waals surface area contributed by atoms with Gasteiger partial charge in [-0.2, -0.15) is 0 Å². The number of hydrogen-bond donors (Lipinski definition) is 4. The van der Waals surface area contributed by atoms with E-state index < -0.39 is 41.2 Å². The van der Waals surface area contributed by atoms with Gasteiger partial charge in [0, 0.05) is 6.42 Å². The van der Waals surface area contributed by atoms with Crippen LogP contribution in [0.2, 0.25) is 0 Å². The highest BCUT2D eigenvalue weighted by atomic mass is 16.5. The number of ether oxygens (including phenoxy) is 3. The van der Waals surface area contributed by atoms with E-state index in [1.807, 2.05) is 78.9 Å². The Bertz CT molecular complexity index is 1750. The number of aliphatic hydroxyl groups excluding tert-OH is 2. The van der Waals surface area contributed by atoms with Crippen LogP contribution in [-0.2, 0) is 10.2 Å². The molecule has 1 unspecified atom stereocenters. The van der Waals surface area contributed by atoms with Crippen LogP contribution in [0.4, 0.5) is 0 Å². The molecule has 0 radical (unpaired) electrons. The zero-order valence-electron chi connectivity index (χ0n) is 22.9. The number of methoxy groups -OCH3 is 2. The second-order valence-electron chi connectivity index (χ2n) is 10.2. The number of nitrogens with one attached hydrogen (secondary N) is 2. The van der Waals surface area contributed by atoms with Crippen molar-refractivity contribution < 1.29 is 24.4 Å². The van der Waals surface area contributed by atoms with E-state index in [1.165, 1.54) is 10.9 Å². The first-order chi connectivity index (χ1) is 20.4. The van der Waals surface area contributed by atoms with Crippen LogP contribution in [0.15, 0.2) is 94.8 Å². The number of aromatic amines is 2. The summed E-state index contributed by atoms with van der Waals surface area (Å²) in [6.45, 7) is 0. The van der Waals surface area contributed by atoms with Crippen molar-refractivity contribution >= 4 is 11.2 Å². The quantitative estimate of drug-likeness (QED) is 0.208. The number of fused-ring (bicyclic) bond motifs is 1. The van der Waals surface area contributed by atoms with Gasteiger partial charge in [0.2, 0.25) is 0 Å². The molecule has 5 aromatic rings. The minimum absolute atomic E-state index is 0.0341. The van der Waals surface area contributed by atoms with Crippen LogP contribution in [0.3, 0.4) is 0 Å². The Hall–Kier alpha value is -4.71. The van der Waals surface area contributed by atoms with Gasteiger partial charge in [-0.3, -0.25) is 19.3 Å². The molecule has 4 atom stereocenters. The van der Waals surface area contributed by atoms with Crippen molar-refractivity contribution in [3.8, 4) is 11.5 Å². The predicted molar refractivity (Wildman–Crippen MR) is 154 cm³/mol. The molecule has 3 aromatic carbocycles. The van der Waals surface area contributed by atoms with Crippen LogP contribution in [0.5, 0.6) is 11.5 Å². The number of nitrogens with zero attached hydrogens (tertiary/aromatic N) is 2. The van der Waals surface area contributed by atoms with E-state index in [4.69, 9.17) is 14.2 Å². The number of aliphatic hydroxyl groups is 2. The lowest BCUT2D eigenvalue weighted by molar-refractivity contribution is -0.0960. The van der Waals surface area contributed by atoms with Crippen LogP contribution in [0, 0.1) is 0 Å². The highest BCUT2D eigenvalue weighted by Gasteiger charge is 2.52. The van der Waals surface area contributed by atoms with Crippen LogP contribution in [0.25, 0.3) is 11.2 Å². The first-order valence-corrected chi connectivity index (χ1v) is 13.4. The normalized spacial score (nSPS) is 19.6. The number of hydrogen-bond acceptors (Lipinski definition) is 8. The standard InChI is InChI=1S/C31H30N4O7/c1-40-21-12-8-19(9-13-21)31(18-6-4-3-5-7-18,20-10-14-22(41-2)15-11-20)27(37)26-23(36)16-24(42-26)35-17-32-25-28(35)33-30(39)34-29(25)38/h3-15,17,23-24,26-27,36-37H,16H2,1-2H3,(H2,33,34,38,39)/t23-,24+,26-,27?/m0/s1. The lowest BCUT2D eigenvalue weighted by atomic mass is 9.64. The maximum Gasteiger partial charge on any atom is 0.327 e. The fraction of sp³-hybridized carbons (Fsp3) is 0.258. The highest BCUT2D eigenvalue weighted by molar-refractivity contribution is 5.68. The summed E-state index contributed by atoms with van der Waals surface area (Å²) in [6.07, 6.45) is -2.85. The molecular weight excluding hydrogens is 540 g/mol. The van der Waals surface area contributed by atoms with Crippen LogP contribution in [0.1, 0.15) is 29.3 Å². The van der Waals surface area contributed by atoms with E-state index in [1.54, 1.807) is 14.2 Å². The topological polar surface area (TPSA) is 152 Å². The zero-order valence-corrected chi connectivity index (χ0v) is 22.9. The molecule has 216 valence electrons. The number of rotatable bonds is 8. The van der Waals surface area contributed by atoms with Gasteiger partial charge in [-0.25, -0.2) is 9.78 Å². The molecule has 11 heteroatoms. The third-order valence-electron chi connectivity index (χ3n) is 7.99. The number of H-pyrrole nitrogens is 2. The second kappa shape index (κ2) is 10.9. The van der Waals surface area contributed by atoms with Gasteiger partial charge >= 0.3 is 5.69 Å². The van der Waals surface area contributed by atoms with Crippen LogP contribution >= 0.6 is 0 Å². The van der Waals surface area contributed by atoms with E-state index >= 15 is 0 Å². The SMILES string of the molecule is COc1ccc(C(c2ccccc2)(c2ccc(OC)cc2)C(O)[C@H]2O[C@@H](n3cnc4c(=O)[nH]c(=O)[nH]c43)C[C@@H]2O)cc1. The van der Waals surface area contributed by atoms with Gasteiger partial charge in [-0.05, 0) is 41.0 Å². The summed E-state index contributed by atoms with van der Waals surface area (Å²) in [6, 6.07) is 24.4. The Morgan fingerprint density at radius 3 is 2.05 bits per heavy atom. The Morgan fingerprint density at radius 1 is 0.905 bits per heavy atom. The molecule has 4 N–H and O–H groups in total. The van der Waals surface area contributed by atoms with Gasteiger partial charge in [0.25, 0.3) is 5.56 Å². The van der Waals surface area contributed by atoms with Gasteiger partial charge in [0.1, 0.15) is 35.6 Å². The minimum Gasteiger partial charge on any atom is -0.497 e. The lowest BCUT2D eigenvalue weighted by Gasteiger charge is -2.43. The van der Waals surface area contributed by atoms with Gasteiger partial charge in [0.15, 0.2) is 5.52 Å². The van der Waals surface area contributed by atoms with Crippen molar-refractivity contribution in [3.05, 3.63) is 123 Å². The average Bonchev–Trinajstić information content (AvgIpc) is 3.62. The third-order valence-corrected chi connectivity index (χ3v) is 7.99. The number of imidazole rings is 1. The third kappa shape index (κ3) is 4.48. The monoisotopic (exact) mass is 570 g/mol. The highest BCUT2D eigenvalue weighted by Crippen LogP contribution is 2.47. The summed E-state index contributed by atoms with van der Waals surface area (Å²) in [4.78, 5) is 33.1. The fourth-order valence-electron chi connectivity index (χ4n) is 5.97. The Morgan fingerprint density at radius 2 is 1.48 bits per heavy atom. The smallest absolute Gasteiger partial charge is 0.327 e. The van der Waals surface area contributed by atoms with Crippen molar-refractivity contribution in [1.29, 1.82) is 0 Å².